The summed E-state index contributed by atoms with van der Waals surface area (Å²) in [5.41, 5.74) is 1.52. The molecule has 0 saturated carbocycles. The molecule has 31 heavy (non-hydrogen) atoms. The van der Waals surface area contributed by atoms with Crippen LogP contribution in [-0.2, 0) is 21.4 Å². The fourth-order valence-corrected chi connectivity index (χ4v) is 4.58. The number of halogens is 2. The summed E-state index contributed by atoms with van der Waals surface area (Å²) in [5, 5.41) is 12.1. The summed E-state index contributed by atoms with van der Waals surface area (Å²) in [7, 11) is -3.98. The first-order valence-corrected chi connectivity index (χ1v) is 11.7. The zero-order valence-electron chi connectivity index (χ0n) is 16.1. The zero-order chi connectivity index (χ0) is 22.4. The van der Waals surface area contributed by atoms with E-state index >= 15 is 0 Å². The molecule has 0 unspecified atom stereocenters. The molecule has 0 saturated heterocycles. The van der Waals surface area contributed by atoms with E-state index in [0.717, 1.165) is 14.3 Å². The minimum Gasteiger partial charge on any atom is -0.325 e. The standard InChI is InChI=1S/C22H17BrClN3O3S/c23-18-6-4-16(5-7-18)14-27(31(29,30)21-10-8-19(24)9-11-21)15-22(28)26-20-3-1-2-17(12-20)13-25/h1-12H,14-15H2,(H,26,28). The number of sulfonamides is 1. The van der Waals surface area contributed by atoms with E-state index < -0.39 is 22.5 Å². The Bertz CT molecular complexity index is 1220. The van der Waals surface area contributed by atoms with Crippen molar-refractivity contribution >= 4 is 49.1 Å². The molecule has 1 N–H and O–H groups in total. The SMILES string of the molecule is N#Cc1cccc(NC(=O)CN(Cc2ccc(Br)cc2)S(=O)(=O)c2ccc(Cl)cc2)c1. The van der Waals surface area contributed by atoms with Crippen molar-refractivity contribution < 1.29 is 13.2 Å². The molecule has 0 bridgehead atoms. The molecule has 0 atom stereocenters. The van der Waals surface area contributed by atoms with E-state index in [1.54, 1.807) is 42.5 Å². The number of hydrogen-bond donors (Lipinski definition) is 1. The third-order valence-electron chi connectivity index (χ3n) is 4.32. The number of anilines is 1. The quantitative estimate of drug-likeness (QED) is 0.486. The molecule has 1 amide bonds. The van der Waals surface area contributed by atoms with Crippen molar-refractivity contribution in [3.8, 4) is 6.07 Å². The summed E-state index contributed by atoms with van der Waals surface area (Å²) >= 11 is 9.24. The summed E-state index contributed by atoms with van der Waals surface area (Å²) < 4.78 is 28.5. The normalized spacial score (nSPS) is 11.2. The summed E-state index contributed by atoms with van der Waals surface area (Å²) in [4.78, 5) is 12.7. The van der Waals surface area contributed by atoms with Crippen LogP contribution in [0.4, 0.5) is 5.69 Å². The molecule has 3 rings (SSSR count). The number of hydrogen-bond acceptors (Lipinski definition) is 4. The maximum atomic E-state index is 13.3. The minimum absolute atomic E-state index is 0.00386. The van der Waals surface area contributed by atoms with Crippen molar-refractivity contribution in [3.63, 3.8) is 0 Å². The summed E-state index contributed by atoms with van der Waals surface area (Å²) in [5.74, 6) is -0.523. The Labute approximate surface area is 194 Å². The van der Waals surface area contributed by atoms with Crippen LogP contribution in [0.5, 0.6) is 0 Å². The number of rotatable bonds is 7. The third kappa shape index (κ3) is 6.15. The van der Waals surface area contributed by atoms with Crippen molar-refractivity contribution in [3.05, 3.63) is 93.4 Å². The molecule has 9 heteroatoms. The summed E-state index contributed by atoms with van der Waals surface area (Å²) in [6.07, 6.45) is 0. The lowest BCUT2D eigenvalue weighted by Gasteiger charge is -2.22. The maximum absolute atomic E-state index is 13.3. The highest BCUT2D eigenvalue weighted by molar-refractivity contribution is 9.10. The van der Waals surface area contributed by atoms with Crippen LogP contribution in [0, 0.1) is 11.3 Å². The fraction of sp³-hybridized carbons (Fsp3) is 0.0909. The maximum Gasteiger partial charge on any atom is 0.243 e. The van der Waals surface area contributed by atoms with Gasteiger partial charge in [0.05, 0.1) is 23.1 Å². The Morgan fingerprint density at radius 1 is 1.06 bits per heavy atom. The molecular formula is C22H17BrClN3O3S. The average molecular weight is 519 g/mol. The number of amides is 1. The molecule has 0 radical (unpaired) electrons. The smallest absolute Gasteiger partial charge is 0.243 e. The number of nitriles is 1. The van der Waals surface area contributed by atoms with Crippen molar-refractivity contribution in [2.45, 2.75) is 11.4 Å². The van der Waals surface area contributed by atoms with Gasteiger partial charge in [-0.3, -0.25) is 4.79 Å². The topological polar surface area (TPSA) is 90.3 Å². The Morgan fingerprint density at radius 3 is 2.39 bits per heavy atom. The monoisotopic (exact) mass is 517 g/mol. The van der Waals surface area contributed by atoms with Crippen molar-refractivity contribution in [2.75, 3.05) is 11.9 Å². The lowest BCUT2D eigenvalue weighted by molar-refractivity contribution is -0.116. The van der Waals surface area contributed by atoms with Crippen molar-refractivity contribution in [1.29, 1.82) is 5.26 Å². The van der Waals surface area contributed by atoms with Gasteiger partial charge in [0, 0.05) is 21.7 Å². The molecule has 0 fully saturated rings. The van der Waals surface area contributed by atoms with Gasteiger partial charge >= 0.3 is 0 Å². The van der Waals surface area contributed by atoms with Gasteiger partial charge in [0.2, 0.25) is 15.9 Å². The molecule has 0 aliphatic carbocycles. The predicted octanol–water partition coefficient (Wildman–Crippen LogP) is 4.80. The largest absolute Gasteiger partial charge is 0.325 e. The first-order valence-electron chi connectivity index (χ1n) is 9.08. The molecule has 3 aromatic carbocycles. The van der Waals surface area contributed by atoms with E-state index in [0.29, 0.717) is 16.3 Å². The number of carbonyl (C=O) groups is 1. The van der Waals surface area contributed by atoms with Gasteiger partial charge in [-0.05, 0) is 60.2 Å². The molecule has 3 aromatic rings. The lowest BCUT2D eigenvalue weighted by Crippen LogP contribution is -2.37. The fourth-order valence-electron chi connectivity index (χ4n) is 2.80. The molecule has 0 heterocycles. The summed E-state index contributed by atoms with van der Waals surface area (Å²) in [6.45, 7) is -0.401. The van der Waals surface area contributed by atoms with Gasteiger partial charge in [0.15, 0.2) is 0 Å². The van der Waals surface area contributed by atoms with E-state index in [4.69, 9.17) is 16.9 Å². The first kappa shape index (κ1) is 23.0. The van der Waals surface area contributed by atoms with Gasteiger partial charge in [0.1, 0.15) is 0 Å². The van der Waals surface area contributed by atoms with Gasteiger partial charge in [-0.15, -0.1) is 0 Å². The van der Waals surface area contributed by atoms with Crippen LogP contribution in [0.15, 0.2) is 82.2 Å². The Hall–Kier alpha value is -2.70. The van der Waals surface area contributed by atoms with E-state index in [1.165, 1.54) is 30.3 Å². The molecule has 158 valence electrons. The molecule has 0 aliphatic rings. The molecule has 0 aliphatic heterocycles. The Balaban J connectivity index is 1.87. The van der Waals surface area contributed by atoms with E-state index in [1.807, 2.05) is 6.07 Å². The molecule has 0 spiro atoms. The molecular weight excluding hydrogens is 502 g/mol. The van der Waals surface area contributed by atoms with Gasteiger partial charge < -0.3 is 5.32 Å². The number of nitrogens with zero attached hydrogens (tertiary/aromatic N) is 2. The second-order valence-electron chi connectivity index (χ2n) is 6.59. The van der Waals surface area contributed by atoms with Gasteiger partial charge in [-0.2, -0.15) is 9.57 Å². The lowest BCUT2D eigenvalue weighted by atomic mass is 10.2. The van der Waals surface area contributed by atoms with Crippen LogP contribution in [0.1, 0.15) is 11.1 Å². The zero-order valence-corrected chi connectivity index (χ0v) is 19.3. The van der Waals surface area contributed by atoms with Crippen LogP contribution in [-0.4, -0.2) is 25.2 Å². The second kappa shape index (κ2) is 10.1. The van der Waals surface area contributed by atoms with Crippen LogP contribution < -0.4 is 5.32 Å². The predicted molar refractivity (Wildman–Crippen MR) is 123 cm³/mol. The van der Waals surface area contributed by atoms with Crippen molar-refractivity contribution in [1.82, 2.24) is 4.31 Å². The minimum atomic E-state index is -3.98. The Morgan fingerprint density at radius 2 is 1.74 bits per heavy atom. The van der Waals surface area contributed by atoms with Crippen LogP contribution >= 0.6 is 27.5 Å². The second-order valence-corrected chi connectivity index (χ2v) is 9.88. The first-order chi connectivity index (χ1) is 14.8. The number of benzene rings is 3. The van der Waals surface area contributed by atoms with E-state index in [2.05, 4.69) is 21.2 Å². The van der Waals surface area contributed by atoms with Crippen LogP contribution in [0.2, 0.25) is 5.02 Å². The highest BCUT2D eigenvalue weighted by Gasteiger charge is 2.27. The van der Waals surface area contributed by atoms with E-state index in [9.17, 15) is 13.2 Å². The molecule has 6 nitrogen and oxygen atoms in total. The van der Waals surface area contributed by atoms with E-state index in [-0.39, 0.29) is 11.4 Å². The number of nitrogens with one attached hydrogen (secondary N) is 1. The highest BCUT2D eigenvalue weighted by atomic mass is 79.9. The Kier molecular flexibility index (Phi) is 7.46. The number of carbonyl (C=O) groups excluding carboxylic acids is 1. The average Bonchev–Trinajstić information content (AvgIpc) is 2.75. The van der Waals surface area contributed by atoms with Crippen molar-refractivity contribution in [2.24, 2.45) is 0 Å². The van der Waals surface area contributed by atoms with Gasteiger partial charge in [-0.25, -0.2) is 8.42 Å². The van der Waals surface area contributed by atoms with Crippen LogP contribution in [0.3, 0.4) is 0 Å². The van der Waals surface area contributed by atoms with Crippen LogP contribution in [0.25, 0.3) is 0 Å². The van der Waals surface area contributed by atoms with Gasteiger partial charge in [0.25, 0.3) is 0 Å². The van der Waals surface area contributed by atoms with Gasteiger partial charge in [-0.1, -0.05) is 45.7 Å². The third-order valence-corrected chi connectivity index (χ3v) is 6.91. The summed E-state index contributed by atoms with van der Waals surface area (Å²) in [6, 6.07) is 21.3. The molecule has 0 aromatic heterocycles. The highest BCUT2D eigenvalue weighted by Crippen LogP contribution is 2.22.